The lowest BCUT2D eigenvalue weighted by Crippen LogP contribution is -1.96. The molecule has 0 aliphatic rings. The second-order valence-corrected chi connectivity index (χ2v) is 4.29. The topological polar surface area (TPSA) is 84.3 Å². The monoisotopic (exact) mass is 301 g/mol. The highest BCUT2D eigenvalue weighted by Gasteiger charge is 2.20. The molecule has 0 amide bonds. The van der Waals surface area contributed by atoms with Crippen molar-refractivity contribution < 1.29 is 14.6 Å². The van der Waals surface area contributed by atoms with Crippen molar-refractivity contribution in [2.75, 3.05) is 5.73 Å². The molecule has 0 saturated carbocycles. The van der Waals surface area contributed by atoms with Crippen LogP contribution in [-0.2, 0) is 7.05 Å². The van der Waals surface area contributed by atoms with Crippen LogP contribution in [-0.4, -0.2) is 20.0 Å². The highest BCUT2D eigenvalue weighted by molar-refractivity contribution is 9.10. The van der Waals surface area contributed by atoms with Gasteiger partial charge < -0.3 is 15.9 Å². The Balaban J connectivity index is 2.74. The van der Waals surface area contributed by atoms with Crippen LogP contribution in [0.1, 0.15) is 0 Å². The molecule has 2 aromatic rings. The summed E-state index contributed by atoms with van der Waals surface area (Å²) < 4.78 is 14.8. The number of benzene rings is 1. The molecule has 5 nitrogen and oxygen atoms in total. The molecule has 0 saturated heterocycles. The Morgan fingerprint density at radius 1 is 1.41 bits per heavy atom. The molecule has 0 aliphatic carbocycles. The number of nitrogen functional groups attached to an aromatic ring is 1. The maximum Gasteiger partial charge on any atom is 0.168 e. The summed E-state index contributed by atoms with van der Waals surface area (Å²) in [7, 11) is 1.61. The van der Waals surface area contributed by atoms with Gasteiger partial charge in [0, 0.05) is 19.2 Å². The van der Waals surface area contributed by atoms with Gasteiger partial charge in [-0.15, -0.1) is 0 Å². The first kappa shape index (κ1) is 11.7. The molecule has 0 unspecified atom stereocenters. The van der Waals surface area contributed by atoms with Gasteiger partial charge >= 0.3 is 0 Å². The summed E-state index contributed by atoms with van der Waals surface area (Å²) in [4.78, 5) is 0. The number of aryl methyl sites for hydroxylation is 1. The SMILES string of the molecule is Cn1nc(-c2c(O)c(O)cc(F)c2Br)cc1N. The van der Waals surface area contributed by atoms with E-state index in [2.05, 4.69) is 21.0 Å². The maximum absolute atomic E-state index is 13.4. The Hall–Kier alpha value is -1.76. The van der Waals surface area contributed by atoms with Crippen molar-refractivity contribution in [1.82, 2.24) is 9.78 Å². The van der Waals surface area contributed by atoms with Gasteiger partial charge in [-0.1, -0.05) is 0 Å². The molecular weight excluding hydrogens is 293 g/mol. The maximum atomic E-state index is 13.4. The molecule has 17 heavy (non-hydrogen) atoms. The average molecular weight is 302 g/mol. The lowest BCUT2D eigenvalue weighted by atomic mass is 10.1. The Bertz CT molecular complexity index is 552. The van der Waals surface area contributed by atoms with E-state index in [9.17, 15) is 14.6 Å². The summed E-state index contributed by atoms with van der Waals surface area (Å²) in [5.74, 6) is -1.34. The van der Waals surface area contributed by atoms with Gasteiger partial charge in [0.05, 0.1) is 15.7 Å². The van der Waals surface area contributed by atoms with Crippen LogP contribution in [0.3, 0.4) is 0 Å². The largest absolute Gasteiger partial charge is 0.504 e. The first-order valence-corrected chi connectivity index (χ1v) is 5.41. The van der Waals surface area contributed by atoms with Crippen molar-refractivity contribution in [1.29, 1.82) is 0 Å². The fourth-order valence-corrected chi connectivity index (χ4v) is 1.95. The van der Waals surface area contributed by atoms with E-state index < -0.39 is 17.3 Å². The van der Waals surface area contributed by atoms with Crippen LogP contribution >= 0.6 is 15.9 Å². The van der Waals surface area contributed by atoms with Gasteiger partial charge in [0.15, 0.2) is 11.5 Å². The first-order chi connectivity index (χ1) is 7.91. The minimum absolute atomic E-state index is 0.0194. The van der Waals surface area contributed by atoms with Crippen molar-refractivity contribution >= 4 is 21.7 Å². The van der Waals surface area contributed by atoms with Crippen LogP contribution in [0.25, 0.3) is 11.3 Å². The predicted octanol–water partition coefficient (Wildman–Crippen LogP) is 1.98. The van der Waals surface area contributed by atoms with Crippen molar-refractivity contribution in [2.45, 2.75) is 0 Å². The number of phenolic OH excluding ortho intramolecular Hbond substituents is 2. The number of rotatable bonds is 1. The number of aromatic nitrogens is 2. The molecule has 4 N–H and O–H groups in total. The van der Waals surface area contributed by atoms with Gasteiger partial charge in [-0.3, -0.25) is 4.68 Å². The van der Waals surface area contributed by atoms with E-state index in [1.807, 2.05) is 0 Å². The fourth-order valence-electron chi connectivity index (χ4n) is 1.44. The van der Waals surface area contributed by atoms with Gasteiger partial charge in [-0.25, -0.2) is 4.39 Å². The minimum atomic E-state index is -0.695. The lowest BCUT2D eigenvalue weighted by Gasteiger charge is -2.07. The van der Waals surface area contributed by atoms with Crippen LogP contribution < -0.4 is 5.73 Å². The molecular formula is C10H9BrFN3O2. The number of hydrogen-bond donors (Lipinski definition) is 3. The molecule has 0 bridgehead atoms. The van der Waals surface area contributed by atoms with Crippen LogP contribution in [0.5, 0.6) is 11.5 Å². The summed E-state index contributed by atoms with van der Waals surface area (Å²) in [5, 5.41) is 23.1. The van der Waals surface area contributed by atoms with E-state index in [0.29, 0.717) is 5.82 Å². The van der Waals surface area contributed by atoms with Gasteiger partial charge in [0.25, 0.3) is 0 Å². The zero-order valence-electron chi connectivity index (χ0n) is 8.78. The van der Waals surface area contributed by atoms with Crippen LogP contribution in [0, 0.1) is 5.82 Å². The average Bonchev–Trinajstić information content (AvgIpc) is 2.57. The van der Waals surface area contributed by atoms with Gasteiger partial charge in [0.1, 0.15) is 11.6 Å². The highest BCUT2D eigenvalue weighted by atomic mass is 79.9. The quantitative estimate of drug-likeness (QED) is 0.703. The standard InChI is InChI=1S/C10H9BrFN3O2/c1-15-7(13)3-5(14-15)8-9(11)4(12)2-6(16)10(8)17/h2-3,16-17H,13H2,1H3. The smallest absolute Gasteiger partial charge is 0.168 e. The van der Waals surface area contributed by atoms with Crippen LogP contribution in [0.2, 0.25) is 0 Å². The molecule has 0 fully saturated rings. The van der Waals surface area contributed by atoms with Crippen LogP contribution in [0.15, 0.2) is 16.6 Å². The van der Waals surface area contributed by atoms with Crippen molar-refractivity contribution in [2.24, 2.45) is 7.05 Å². The third-order valence-corrected chi connectivity index (χ3v) is 3.12. The number of anilines is 1. The second-order valence-electron chi connectivity index (χ2n) is 3.49. The van der Waals surface area contributed by atoms with Gasteiger partial charge in [-0.05, 0) is 15.9 Å². The zero-order valence-corrected chi connectivity index (χ0v) is 10.4. The predicted molar refractivity (Wildman–Crippen MR) is 64.0 cm³/mol. The number of aromatic hydroxyl groups is 2. The molecule has 1 aromatic heterocycles. The Morgan fingerprint density at radius 2 is 2.06 bits per heavy atom. The summed E-state index contributed by atoms with van der Waals surface area (Å²) >= 11 is 3.00. The van der Waals surface area contributed by atoms with E-state index in [1.54, 1.807) is 7.05 Å². The Morgan fingerprint density at radius 3 is 2.59 bits per heavy atom. The molecule has 0 radical (unpaired) electrons. The van der Waals surface area contributed by atoms with Crippen molar-refractivity contribution in [3.8, 4) is 22.8 Å². The van der Waals surface area contributed by atoms with E-state index in [0.717, 1.165) is 6.07 Å². The third-order valence-electron chi connectivity index (χ3n) is 2.34. The summed E-state index contributed by atoms with van der Waals surface area (Å²) in [6.45, 7) is 0. The molecule has 90 valence electrons. The van der Waals surface area contributed by atoms with Gasteiger partial charge in [-0.2, -0.15) is 5.10 Å². The van der Waals surface area contributed by atoms with Gasteiger partial charge in [0.2, 0.25) is 0 Å². The fraction of sp³-hybridized carbons (Fsp3) is 0.100. The molecule has 0 aliphatic heterocycles. The van der Waals surface area contributed by atoms with E-state index in [1.165, 1.54) is 10.7 Å². The third kappa shape index (κ3) is 1.82. The molecule has 1 heterocycles. The minimum Gasteiger partial charge on any atom is -0.504 e. The number of halogens is 2. The summed E-state index contributed by atoms with van der Waals surface area (Å²) in [6, 6.07) is 2.29. The molecule has 2 rings (SSSR count). The Labute approximate surface area is 104 Å². The summed E-state index contributed by atoms with van der Waals surface area (Å²) in [5.41, 5.74) is 5.93. The Kier molecular flexibility index (Phi) is 2.70. The highest BCUT2D eigenvalue weighted by Crippen LogP contribution is 2.43. The zero-order chi connectivity index (χ0) is 12.7. The number of nitrogens with zero attached hydrogens (tertiary/aromatic N) is 2. The van der Waals surface area contributed by atoms with Crippen molar-refractivity contribution in [3.05, 3.63) is 22.4 Å². The molecule has 0 atom stereocenters. The summed E-state index contributed by atoms with van der Waals surface area (Å²) in [6.07, 6.45) is 0. The van der Waals surface area contributed by atoms with E-state index in [4.69, 9.17) is 5.73 Å². The van der Waals surface area contributed by atoms with E-state index >= 15 is 0 Å². The van der Waals surface area contributed by atoms with Crippen molar-refractivity contribution in [3.63, 3.8) is 0 Å². The number of phenols is 2. The number of nitrogens with two attached hydrogens (primary N) is 1. The second kappa shape index (κ2) is 3.92. The number of hydrogen-bond acceptors (Lipinski definition) is 4. The molecule has 1 aromatic carbocycles. The lowest BCUT2D eigenvalue weighted by molar-refractivity contribution is 0.400. The van der Waals surface area contributed by atoms with Crippen LogP contribution in [0.4, 0.5) is 10.2 Å². The molecule has 0 spiro atoms. The molecule has 7 heteroatoms. The first-order valence-electron chi connectivity index (χ1n) is 4.61. The normalized spacial score (nSPS) is 10.8. The van der Waals surface area contributed by atoms with E-state index in [-0.39, 0.29) is 15.7 Å².